The van der Waals surface area contributed by atoms with Crippen LogP contribution in [0.2, 0.25) is 0 Å². The Morgan fingerprint density at radius 1 is 1.04 bits per heavy atom. The van der Waals surface area contributed by atoms with Crippen LogP contribution in [0.3, 0.4) is 0 Å². The summed E-state index contributed by atoms with van der Waals surface area (Å²) >= 11 is 1.50. The van der Waals surface area contributed by atoms with Gasteiger partial charge >= 0.3 is 6.18 Å². The number of rotatable bonds is 3. The van der Waals surface area contributed by atoms with Crippen LogP contribution in [0.15, 0.2) is 36.4 Å². The molecule has 3 nitrogen and oxygen atoms in total. The average Bonchev–Trinajstić information content (AvgIpc) is 3.01. The summed E-state index contributed by atoms with van der Waals surface area (Å²) in [6.07, 6.45) is -4.30. The number of benzene rings is 1. The number of piperazine rings is 1. The summed E-state index contributed by atoms with van der Waals surface area (Å²) < 4.78 is 37.8. The smallest absolute Gasteiger partial charge is 0.335 e. The molecule has 1 aromatic carbocycles. The zero-order valence-electron chi connectivity index (χ0n) is 13.8. The van der Waals surface area contributed by atoms with Crippen molar-refractivity contribution in [2.24, 2.45) is 0 Å². The molecule has 25 heavy (non-hydrogen) atoms. The molecular formula is C18H19F3N2OS. The lowest BCUT2D eigenvalue weighted by Crippen LogP contribution is -2.48. The fourth-order valence-corrected chi connectivity index (χ4v) is 3.71. The van der Waals surface area contributed by atoms with E-state index in [1.54, 1.807) is 0 Å². The maximum Gasteiger partial charge on any atom is 0.416 e. The highest BCUT2D eigenvalue weighted by Crippen LogP contribution is 2.29. The molecule has 1 aliphatic heterocycles. The quantitative estimate of drug-likeness (QED) is 0.817. The first-order chi connectivity index (χ1) is 11.8. The molecular weight excluding hydrogens is 349 g/mol. The summed E-state index contributed by atoms with van der Waals surface area (Å²) in [4.78, 5) is 18.3. The molecule has 1 aromatic heterocycles. The molecule has 1 fully saturated rings. The zero-order valence-corrected chi connectivity index (χ0v) is 14.7. The summed E-state index contributed by atoms with van der Waals surface area (Å²) in [7, 11) is 0. The van der Waals surface area contributed by atoms with Crippen LogP contribution in [0.5, 0.6) is 0 Å². The van der Waals surface area contributed by atoms with Crippen LogP contribution < -0.4 is 0 Å². The second kappa shape index (κ2) is 7.17. The number of amides is 1. The van der Waals surface area contributed by atoms with Gasteiger partial charge in [-0.25, -0.2) is 0 Å². The summed E-state index contributed by atoms with van der Waals surface area (Å²) in [5.74, 6) is 0.0623. The lowest BCUT2D eigenvalue weighted by atomic mass is 10.1. The molecule has 0 bridgehead atoms. The van der Waals surface area contributed by atoms with E-state index in [4.69, 9.17) is 0 Å². The molecule has 1 aliphatic rings. The lowest BCUT2D eigenvalue weighted by molar-refractivity contribution is -0.137. The van der Waals surface area contributed by atoms with Crippen LogP contribution in [0.1, 0.15) is 25.7 Å². The highest BCUT2D eigenvalue weighted by Gasteiger charge is 2.30. The van der Waals surface area contributed by atoms with Crippen LogP contribution in [0.4, 0.5) is 13.2 Å². The Morgan fingerprint density at radius 3 is 2.20 bits per heavy atom. The number of alkyl halides is 3. The van der Waals surface area contributed by atoms with Gasteiger partial charge in [-0.2, -0.15) is 13.2 Å². The van der Waals surface area contributed by atoms with Gasteiger partial charge in [-0.05, 0) is 36.8 Å². The second-order valence-corrected chi connectivity index (χ2v) is 7.46. The number of hydrogen-bond donors (Lipinski definition) is 0. The first kappa shape index (κ1) is 17.9. The Kier molecular flexibility index (Phi) is 5.15. The van der Waals surface area contributed by atoms with Gasteiger partial charge in [-0.15, -0.1) is 11.3 Å². The Bertz CT molecular complexity index is 732. The molecule has 1 saturated heterocycles. The molecule has 0 saturated carbocycles. The second-order valence-electron chi connectivity index (χ2n) is 6.17. The number of halogens is 3. The van der Waals surface area contributed by atoms with Gasteiger partial charge in [-0.3, -0.25) is 9.69 Å². The summed E-state index contributed by atoms with van der Waals surface area (Å²) in [6.45, 7) is 5.28. The van der Waals surface area contributed by atoms with Crippen LogP contribution in [0, 0.1) is 6.92 Å². The van der Waals surface area contributed by atoms with Crippen molar-refractivity contribution in [3.05, 3.63) is 57.3 Å². The molecule has 0 N–H and O–H groups in total. The van der Waals surface area contributed by atoms with E-state index in [1.165, 1.54) is 23.5 Å². The molecule has 0 radical (unpaired) electrons. The van der Waals surface area contributed by atoms with Crippen LogP contribution in [0.25, 0.3) is 0 Å². The highest BCUT2D eigenvalue weighted by atomic mass is 32.1. The van der Waals surface area contributed by atoms with Crippen molar-refractivity contribution in [1.29, 1.82) is 0 Å². The summed E-state index contributed by atoms with van der Waals surface area (Å²) in [6, 6.07) is 9.09. The van der Waals surface area contributed by atoms with Gasteiger partial charge in [0, 0.05) is 37.6 Å². The predicted molar refractivity (Wildman–Crippen MR) is 91.7 cm³/mol. The molecule has 0 atom stereocenters. The largest absolute Gasteiger partial charge is 0.416 e. The summed E-state index contributed by atoms with van der Waals surface area (Å²) in [5, 5.41) is 0. The minimum absolute atomic E-state index is 0.0623. The van der Waals surface area contributed by atoms with Gasteiger partial charge in [0.05, 0.1) is 10.4 Å². The van der Waals surface area contributed by atoms with Crippen LogP contribution in [-0.2, 0) is 12.7 Å². The monoisotopic (exact) mass is 368 g/mol. The lowest BCUT2D eigenvalue weighted by Gasteiger charge is -2.34. The van der Waals surface area contributed by atoms with Crippen LogP contribution >= 0.6 is 11.3 Å². The van der Waals surface area contributed by atoms with Gasteiger partial charge in [0.1, 0.15) is 0 Å². The van der Waals surface area contributed by atoms with Crippen molar-refractivity contribution < 1.29 is 18.0 Å². The van der Waals surface area contributed by atoms with E-state index < -0.39 is 11.7 Å². The Balaban J connectivity index is 1.53. The standard InChI is InChI=1S/C18H19F3N2OS/c1-13-2-7-16(25-13)17(24)23-10-8-22(9-11-23)12-14-3-5-15(6-4-14)18(19,20)21/h2-7H,8-12H2,1H3. The van der Waals surface area contributed by atoms with E-state index in [2.05, 4.69) is 4.90 Å². The first-order valence-electron chi connectivity index (χ1n) is 8.07. The van der Waals surface area contributed by atoms with Gasteiger partial charge in [0.2, 0.25) is 0 Å². The third kappa shape index (κ3) is 4.41. The van der Waals surface area contributed by atoms with E-state index in [9.17, 15) is 18.0 Å². The van der Waals surface area contributed by atoms with Crippen LogP contribution in [-0.4, -0.2) is 41.9 Å². The van der Waals surface area contributed by atoms with Crippen molar-refractivity contribution in [3.8, 4) is 0 Å². The fraction of sp³-hybridized carbons (Fsp3) is 0.389. The average molecular weight is 368 g/mol. The molecule has 0 spiro atoms. The minimum atomic E-state index is -4.30. The van der Waals surface area contributed by atoms with Crippen molar-refractivity contribution in [3.63, 3.8) is 0 Å². The predicted octanol–water partition coefficient (Wildman–Crippen LogP) is 4.03. The Labute approximate surface area is 148 Å². The first-order valence-corrected chi connectivity index (χ1v) is 8.89. The van der Waals surface area contributed by atoms with Gasteiger partial charge in [-0.1, -0.05) is 12.1 Å². The molecule has 2 aromatic rings. The number of thiophene rings is 1. The third-order valence-electron chi connectivity index (χ3n) is 4.30. The zero-order chi connectivity index (χ0) is 18.0. The van der Waals surface area contributed by atoms with Gasteiger partial charge < -0.3 is 4.90 Å². The number of hydrogen-bond acceptors (Lipinski definition) is 3. The number of aryl methyl sites for hydroxylation is 1. The molecule has 2 heterocycles. The Hall–Kier alpha value is -1.86. The molecule has 1 amide bonds. The third-order valence-corrected chi connectivity index (χ3v) is 5.29. The van der Waals surface area contributed by atoms with E-state index in [-0.39, 0.29) is 5.91 Å². The minimum Gasteiger partial charge on any atom is -0.335 e. The number of nitrogens with zero attached hydrogens (tertiary/aromatic N) is 2. The van der Waals surface area contributed by atoms with Gasteiger partial charge in [0.25, 0.3) is 5.91 Å². The number of carbonyl (C=O) groups is 1. The van der Waals surface area contributed by atoms with Gasteiger partial charge in [0.15, 0.2) is 0 Å². The maximum absolute atomic E-state index is 12.6. The number of carbonyl (C=O) groups excluding carboxylic acids is 1. The van der Waals surface area contributed by atoms with Crippen molar-refractivity contribution >= 4 is 17.2 Å². The molecule has 0 aliphatic carbocycles. The SMILES string of the molecule is Cc1ccc(C(=O)N2CCN(Cc3ccc(C(F)(F)F)cc3)CC2)s1. The molecule has 0 unspecified atom stereocenters. The Morgan fingerprint density at radius 2 is 1.68 bits per heavy atom. The van der Waals surface area contributed by atoms with Crippen molar-refractivity contribution in [2.45, 2.75) is 19.6 Å². The van der Waals surface area contributed by atoms with Crippen molar-refractivity contribution in [1.82, 2.24) is 9.80 Å². The molecule has 134 valence electrons. The van der Waals surface area contributed by atoms with E-state index in [0.29, 0.717) is 19.6 Å². The highest BCUT2D eigenvalue weighted by molar-refractivity contribution is 7.13. The topological polar surface area (TPSA) is 23.6 Å². The normalized spacial score (nSPS) is 16.2. The summed E-state index contributed by atoms with van der Waals surface area (Å²) in [5.41, 5.74) is 0.222. The van der Waals surface area contributed by atoms with E-state index in [1.807, 2.05) is 24.0 Å². The fourth-order valence-electron chi connectivity index (χ4n) is 2.87. The molecule has 3 rings (SSSR count). The van der Waals surface area contributed by atoms with Crippen molar-refractivity contribution in [2.75, 3.05) is 26.2 Å². The molecule has 7 heteroatoms. The van der Waals surface area contributed by atoms with E-state index in [0.717, 1.165) is 40.5 Å². The van der Waals surface area contributed by atoms with E-state index >= 15 is 0 Å². The maximum atomic E-state index is 12.6.